The standard InChI is InChI=1S/C14H11N3O/c15-14(18)13-11-7-4-8-12(11)17(16-13)9-10-5-2-1-3-6-10/h1-3,5-8H,9H2,(H2,15,18). The number of carbonyl (C=O) groups is 1. The van der Waals surface area contributed by atoms with Gasteiger partial charge in [-0.15, -0.1) is 5.73 Å². The fourth-order valence-electron chi connectivity index (χ4n) is 2.05. The highest BCUT2D eigenvalue weighted by Gasteiger charge is 2.19. The van der Waals surface area contributed by atoms with Gasteiger partial charge in [-0.1, -0.05) is 30.3 Å². The minimum absolute atomic E-state index is 0.308. The van der Waals surface area contributed by atoms with Gasteiger partial charge in [0, 0.05) is 11.6 Å². The summed E-state index contributed by atoms with van der Waals surface area (Å²) < 4.78 is 1.78. The highest BCUT2D eigenvalue weighted by atomic mass is 16.1. The Balaban J connectivity index is 2.02. The van der Waals surface area contributed by atoms with E-state index in [-0.39, 0.29) is 0 Å². The number of hydrogen-bond acceptors (Lipinski definition) is 2. The Hall–Kier alpha value is -2.58. The van der Waals surface area contributed by atoms with E-state index in [2.05, 4.69) is 10.8 Å². The summed E-state index contributed by atoms with van der Waals surface area (Å²) in [5.74, 6) is -0.508. The molecule has 1 aromatic heterocycles. The van der Waals surface area contributed by atoms with Crippen LogP contribution in [0.5, 0.6) is 0 Å². The Kier molecular flexibility index (Phi) is 2.36. The molecule has 0 spiro atoms. The molecule has 4 heteroatoms. The summed E-state index contributed by atoms with van der Waals surface area (Å²) in [5.41, 5.74) is 11.4. The van der Waals surface area contributed by atoms with E-state index in [1.165, 1.54) is 0 Å². The monoisotopic (exact) mass is 237 g/mol. The summed E-state index contributed by atoms with van der Waals surface area (Å²) in [4.78, 5) is 11.3. The van der Waals surface area contributed by atoms with Crippen LogP contribution in [0.3, 0.4) is 0 Å². The molecule has 1 heterocycles. The second-order valence-corrected chi connectivity index (χ2v) is 4.11. The Morgan fingerprint density at radius 1 is 1.28 bits per heavy atom. The van der Waals surface area contributed by atoms with Crippen LogP contribution in [0.15, 0.2) is 36.1 Å². The topological polar surface area (TPSA) is 60.9 Å². The second-order valence-electron chi connectivity index (χ2n) is 4.11. The SMILES string of the molecule is NC(=O)c1nn(Cc2ccccc2)c2c1C=C=C2. The number of rotatable bonds is 3. The first-order valence-electron chi connectivity index (χ1n) is 5.63. The normalized spacial score (nSPS) is 11.8. The zero-order valence-corrected chi connectivity index (χ0v) is 9.63. The van der Waals surface area contributed by atoms with Crippen molar-refractivity contribution in [2.45, 2.75) is 6.54 Å². The lowest BCUT2D eigenvalue weighted by atomic mass is 10.2. The minimum Gasteiger partial charge on any atom is -0.364 e. The van der Waals surface area contributed by atoms with E-state index in [9.17, 15) is 4.79 Å². The third kappa shape index (κ3) is 1.65. The number of nitrogens with two attached hydrogens (primary N) is 1. The van der Waals surface area contributed by atoms with Gasteiger partial charge in [0.25, 0.3) is 5.91 Å². The largest absolute Gasteiger partial charge is 0.364 e. The van der Waals surface area contributed by atoms with Gasteiger partial charge in [0.15, 0.2) is 5.69 Å². The van der Waals surface area contributed by atoms with Crippen molar-refractivity contribution >= 4 is 18.1 Å². The molecule has 0 saturated heterocycles. The molecule has 3 rings (SSSR count). The summed E-state index contributed by atoms with van der Waals surface area (Å²) in [5, 5.41) is 4.27. The molecule has 1 aliphatic rings. The molecule has 4 nitrogen and oxygen atoms in total. The predicted octanol–water partition coefficient (Wildman–Crippen LogP) is 1.67. The third-order valence-electron chi connectivity index (χ3n) is 2.89. The van der Waals surface area contributed by atoms with Gasteiger partial charge in [-0.2, -0.15) is 5.10 Å². The van der Waals surface area contributed by atoms with Crippen molar-refractivity contribution in [2.75, 3.05) is 0 Å². The van der Waals surface area contributed by atoms with Gasteiger partial charge in [-0.3, -0.25) is 9.48 Å². The van der Waals surface area contributed by atoms with Gasteiger partial charge in [0.05, 0.1) is 12.2 Å². The van der Waals surface area contributed by atoms with Gasteiger partial charge < -0.3 is 5.73 Å². The quantitative estimate of drug-likeness (QED) is 0.704. The number of carbonyl (C=O) groups excluding carboxylic acids is 1. The lowest BCUT2D eigenvalue weighted by Gasteiger charge is -2.03. The summed E-state index contributed by atoms with van der Waals surface area (Å²) in [6.07, 6.45) is 3.56. The molecular formula is C14H11N3O. The van der Waals surface area contributed by atoms with Crippen LogP contribution in [0.4, 0.5) is 0 Å². The summed E-state index contributed by atoms with van der Waals surface area (Å²) in [7, 11) is 0. The third-order valence-corrected chi connectivity index (χ3v) is 2.89. The molecule has 1 aromatic carbocycles. The fourth-order valence-corrected chi connectivity index (χ4v) is 2.05. The number of hydrogen-bond donors (Lipinski definition) is 1. The summed E-state index contributed by atoms with van der Waals surface area (Å²) in [6, 6.07) is 9.95. The molecule has 1 amide bonds. The van der Waals surface area contributed by atoms with Crippen LogP contribution in [0.2, 0.25) is 0 Å². The summed E-state index contributed by atoms with van der Waals surface area (Å²) in [6.45, 7) is 0.614. The number of fused-ring (bicyclic) bond motifs is 1. The van der Waals surface area contributed by atoms with E-state index >= 15 is 0 Å². The zero-order chi connectivity index (χ0) is 12.5. The first-order valence-corrected chi connectivity index (χ1v) is 5.63. The number of nitrogens with zero attached hydrogens (tertiary/aromatic N) is 2. The molecule has 0 saturated carbocycles. The van der Waals surface area contributed by atoms with Crippen LogP contribution < -0.4 is 5.73 Å². The van der Waals surface area contributed by atoms with Crippen molar-refractivity contribution in [1.82, 2.24) is 9.78 Å². The molecule has 18 heavy (non-hydrogen) atoms. The molecular weight excluding hydrogens is 226 g/mol. The maximum absolute atomic E-state index is 11.3. The smallest absolute Gasteiger partial charge is 0.269 e. The van der Waals surface area contributed by atoms with Gasteiger partial charge in [0.1, 0.15) is 0 Å². The average Bonchev–Trinajstić information content (AvgIpc) is 2.94. The average molecular weight is 237 g/mol. The maximum atomic E-state index is 11.3. The van der Waals surface area contributed by atoms with Crippen molar-refractivity contribution in [3.05, 3.63) is 58.6 Å². The van der Waals surface area contributed by atoms with Gasteiger partial charge in [-0.25, -0.2) is 0 Å². The van der Waals surface area contributed by atoms with Crippen molar-refractivity contribution in [3.8, 4) is 0 Å². The zero-order valence-electron chi connectivity index (χ0n) is 9.63. The van der Waals surface area contributed by atoms with Crippen LogP contribution in [-0.4, -0.2) is 15.7 Å². The van der Waals surface area contributed by atoms with E-state index in [0.717, 1.165) is 16.8 Å². The second kappa shape index (κ2) is 4.02. The van der Waals surface area contributed by atoms with Crippen molar-refractivity contribution < 1.29 is 4.79 Å². The first-order chi connectivity index (χ1) is 8.75. The number of primary amides is 1. The highest BCUT2D eigenvalue weighted by molar-refractivity contribution is 5.97. The Morgan fingerprint density at radius 2 is 2.06 bits per heavy atom. The lowest BCUT2D eigenvalue weighted by Crippen LogP contribution is -2.13. The fraction of sp³-hybridized carbons (Fsp3) is 0.0714. The van der Waals surface area contributed by atoms with Crippen LogP contribution in [0.1, 0.15) is 27.3 Å². The van der Waals surface area contributed by atoms with E-state index in [0.29, 0.717) is 12.2 Å². The molecule has 1 aliphatic carbocycles. The van der Waals surface area contributed by atoms with Crippen LogP contribution in [0.25, 0.3) is 12.2 Å². The van der Waals surface area contributed by atoms with Crippen LogP contribution >= 0.6 is 0 Å². The highest BCUT2D eigenvalue weighted by Crippen LogP contribution is 2.22. The van der Waals surface area contributed by atoms with E-state index in [1.54, 1.807) is 10.8 Å². The first kappa shape index (κ1) is 10.6. The van der Waals surface area contributed by atoms with Gasteiger partial charge in [-0.05, 0) is 11.6 Å². The maximum Gasteiger partial charge on any atom is 0.269 e. The van der Waals surface area contributed by atoms with Crippen LogP contribution in [-0.2, 0) is 6.54 Å². The van der Waals surface area contributed by atoms with Crippen molar-refractivity contribution in [1.29, 1.82) is 0 Å². The minimum atomic E-state index is -0.508. The Morgan fingerprint density at radius 3 is 2.78 bits per heavy atom. The molecule has 0 bridgehead atoms. The summed E-state index contributed by atoms with van der Waals surface area (Å²) >= 11 is 0. The molecule has 0 fully saturated rings. The Labute approximate surface area is 104 Å². The van der Waals surface area contributed by atoms with E-state index in [4.69, 9.17) is 5.73 Å². The number of aromatic nitrogens is 2. The van der Waals surface area contributed by atoms with E-state index in [1.807, 2.05) is 36.4 Å². The molecule has 2 aromatic rings. The molecule has 0 atom stereocenters. The molecule has 0 unspecified atom stereocenters. The molecule has 2 N–H and O–H groups in total. The van der Waals surface area contributed by atoms with Gasteiger partial charge >= 0.3 is 0 Å². The molecule has 0 radical (unpaired) electrons. The Bertz CT molecular complexity index is 677. The van der Waals surface area contributed by atoms with Crippen molar-refractivity contribution in [2.24, 2.45) is 5.73 Å². The molecule has 0 aliphatic heterocycles. The number of amides is 1. The molecule has 88 valence electrons. The van der Waals surface area contributed by atoms with Gasteiger partial charge in [0.2, 0.25) is 0 Å². The number of benzene rings is 1. The van der Waals surface area contributed by atoms with E-state index < -0.39 is 5.91 Å². The predicted molar refractivity (Wildman–Crippen MR) is 68.7 cm³/mol. The van der Waals surface area contributed by atoms with Crippen LogP contribution in [0, 0.1) is 0 Å². The lowest BCUT2D eigenvalue weighted by molar-refractivity contribution is 0.0994. The van der Waals surface area contributed by atoms with Crippen molar-refractivity contribution in [3.63, 3.8) is 0 Å².